The van der Waals surface area contributed by atoms with Gasteiger partial charge in [0.2, 0.25) is 0 Å². The Morgan fingerprint density at radius 1 is 1.12 bits per heavy atom. The molecule has 1 atom stereocenters. The molecule has 3 rings (SSSR count). The van der Waals surface area contributed by atoms with Crippen LogP contribution in [0.25, 0.3) is 0 Å². The van der Waals surface area contributed by atoms with E-state index < -0.39 is 0 Å². The highest BCUT2D eigenvalue weighted by atomic mass is 32.2. The summed E-state index contributed by atoms with van der Waals surface area (Å²) in [7, 11) is 4.33. The Balaban J connectivity index is 1.56. The summed E-state index contributed by atoms with van der Waals surface area (Å²) in [5.41, 5.74) is 5.48. The molecular formula is C20H28N4S. The van der Waals surface area contributed by atoms with Gasteiger partial charge in [0.25, 0.3) is 0 Å². The molecule has 5 heteroatoms. The predicted molar refractivity (Wildman–Crippen MR) is 104 cm³/mol. The number of rotatable bonds is 7. The van der Waals surface area contributed by atoms with Crippen LogP contribution in [0.15, 0.2) is 35.7 Å². The van der Waals surface area contributed by atoms with E-state index in [0.29, 0.717) is 5.25 Å². The number of thioether (sulfide) groups is 1. The van der Waals surface area contributed by atoms with Gasteiger partial charge in [0.05, 0.1) is 0 Å². The Morgan fingerprint density at radius 2 is 1.80 bits per heavy atom. The van der Waals surface area contributed by atoms with Crippen molar-refractivity contribution in [1.82, 2.24) is 19.8 Å². The van der Waals surface area contributed by atoms with E-state index in [0.717, 1.165) is 43.3 Å². The zero-order valence-corrected chi connectivity index (χ0v) is 16.5. The van der Waals surface area contributed by atoms with Gasteiger partial charge < -0.3 is 0 Å². The molecule has 0 fully saturated rings. The molecule has 25 heavy (non-hydrogen) atoms. The number of nitrogens with zero attached hydrogens (tertiary/aromatic N) is 4. The van der Waals surface area contributed by atoms with E-state index >= 15 is 0 Å². The second-order valence-electron chi connectivity index (χ2n) is 7.16. The zero-order valence-electron chi connectivity index (χ0n) is 15.7. The number of benzene rings is 1. The fourth-order valence-corrected chi connectivity index (χ4v) is 3.90. The Hall–Kier alpha value is -1.43. The van der Waals surface area contributed by atoms with E-state index in [1.54, 1.807) is 11.8 Å². The standard InChI is InChI=1S/C20H28N4S/c1-5-15(2)25-20-21-9-17(10-22-20)12-23(3)11-16-6-7-18-13-24(4)14-19(18)8-16/h6-10,15H,5,11-14H2,1-4H3. The summed E-state index contributed by atoms with van der Waals surface area (Å²) in [5, 5.41) is 1.44. The molecule has 1 unspecified atom stereocenters. The average Bonchev–Trinajstić information content (AvgIpc) is 2.95. The highest BCUT2D eigenvalue weighted by Crippen LogP contribution is 2.23. The van der Waals surface area contributed by atoms with E-state index in [2.05, 4.69) is 65.9 Å². The van der Waals surface area contributed by atoms with Crippen molar-refractivity contribution in [3.05, 3.63) is 52.8 Å². The lowest BCUT2D eigenvalue weighted by Crippen LogP contribution is -2.17. The summed E-state index contributed by atoms with van der Waals surface area (Å²) in [4.78, 5) is 13.7. The molecule has 0 radical (unpaired) electrons. The minimum atomic E-state index is 0.562. The molecule has 0 N–H and O–H groups in total. The summed E-state index contributed by atoms with van der Waals surface area (Å²) < 4.78 is 0. The van der Waals surface area contributed by atoms with Gasteiger partial charge in [0.1, 0.15) is 0 Å². The first-order valence-corrected chi connectivity index (χ1v) is 9.86. The first-order chi connectivity index (χ1) is 12.0. The lowest BCUT2D eigenvalue weighted by molar-refractivity contribution is 0.318. The van der Waals surface area contributed by atoms with Gasteiger partial charge in [-0.1, -0.05) is 43.8 Å². The Bertz CT molecular complexity index is 701. The van der Waals surface area contributed by atoms with E-state index in [9.17, 15) is 0 Å². The van der Waals surface area contributed by atoms with Crippen molar-refractivity contribution in [2.75, 3.05) is 14.1 Å². The molecule has 1 aliphatic heterocycles. The normalized spacial score (nSPS) is 15.6. The Kier molecular flexibility index (Phi) is 6.10. The third kappa shape index (κ3) is 5.03. The van der Waals surface area contributed by atoms with Gasteiger partial charge in [-0.3, -0.25) is 9.80 Å². The van der Waals surface area contributed by atoms with E-state index in [-0.39, 0.29) is 0 Å². The van der Waals surface area contributed by atoms with Gasteiger partial charge in [-0.2, -0.15) is 0 Å². The third-order valence-corrected chi connectivity index (χ3v) is 5.78. The number of hydrogen-bond acceptors (Lipinski definition) is 5. The van der Waals surface area contributed by atoms with Crippen LogP contribution in [0.1, 0.15) is 42.5 Å². The van der Waals surface area contributed by atoms with Crippen LogP contribution in [0.4, 0.5) is 0 Å². The van der Waals surface area contributed by atoms with Crippen LogP contribution in [-0.2, 0) is 26.2 Å². The molecule has 4 nitrogen and oxygen atoms in total. The van der Waals surface area contributed by atoms with Crippen molar-refractivity contribution < 1.29 is 0 Å². The largest absolute Gasteiger partial charge is 0.298 e. The van der Waals surface area contributed by atoms with Crippen molar-refractivity contribution in [1.29, 1.82) is 0 Å². The van der Waals surface area contributed by atoms with Crippen LogP contribution in [-0.4, -0.2) is 39.1 Å². The SMILES string of the molecule is CCC(C)Sc1ncc(CN(C)Cc2ccc3c(c2)CN(C)C3)cn1. The summed E-state index contributed by atoms with van der Waals surface area (Å²) in [6.07, 6.45) is 5.06. The van der Waals surface area contributed by atoms with Gasteiger partial charge in [0, 0.05) is 49.4 Å². The average molecular weight is 357 g/mol. The van der Waals surface area contributed by atoms with Crippen LogP contribution in [0.2, 0.25) is 0 Å². The van der Waals surface area contributed by atoms with Crippen molar-refractivity contribution in [3.63, 3.8) is 0 Å². The topological polar surface area (TPSA) is 32.3 Å². The van der Waals surface area contributed by atoms with E-state index in [1.165, 1.54) is 16.7 Å². The molecule has 1 aromatic heterocycles. The maximum absolute atomic E-state index is 4.50. The van der Waals surface area contributed by atoms with Crippen LogP contribution in [0.3, 0.4) is 0 Å². The second-order valence-corrected chi connectivity index (χ2v) is 8.56. The zero-order chi connectivity index (χ0) is 17.8. The first-order valence-electron chi connectivity index (χ1n) is 8.99. The Labute approximate surface area is 155 Å². The van der Waals surface area contributed by atoms with Crippen LogP contribution in [0.5, 0.6) is 0 Å². The van der Waals surface area contributed by atoms with Crippen molar-refractivity contribution in [3.8, 4) is 0 Å². The fraction of sp³-hybridized carbons (Fsp3) is 0.500. The molecule has 0 amide bonds. The minimum absolute atomic E-state index is 0.562. The second kappa shape index (κ2) is 8.30. The molecular weight excluding hydrogens is 328 g/mol. The molecule has 1 aromatic carbocycles. The maximum atomic E-state index is 4.50. The van der Waals surface area contributed by atoms with Gasteiger partial charge >= 0.3 is 0 Å². The molecule has 0 saturated heterocycles. The van der Waals surface area contributed by atoms with Crippen molar-refractivity contribution in [2.45, 2.75) is 56.9 Å². The lowest BCUT2D eigenvalue weighted by Gasteiger charge is -2.17. The molecule has 0 bridgehead atoms. The highest BCUT2D eigenvalue weighted by molar-refractivity contribution is 7.99. The van der Waals surface area contributed by atoms with E-state index in [1.807, 2.05) is 12.4 Å². The van der Waals surface area contributed by atoms with Crippen LogP contribution >= 0.6 is 11.8 Å². The molecule has 0 aliphatic carbocycles. The smallest absolute Gasteiger partial charge is 0.187 e. The quantitative estimate of drug-likeness (QED) is 0.554. The number of aromatic nitrogens is 2. The number of hydrogen-bond donors (Lipinski definition) is 0. The van der Waals surface area contributed by atoms with Crippen molar-refractivity contribution in [2.24, 2.45) is 0 Å². The lowest BCUT2D eigenvalue weighted by atomic mass is 10.1. The van der Waals surface area contributed by atoms with Gasteiger partial charge in [-0.25, -0.2) is 9.97 Å². The highest BCUT2D eigenvalue weighted by Gasteiger charge is 2.15. The summed E-state index contributed by atoms with van der Waals surface area (Å²) >= 11 is 1.75. The van der Waals surface area contributed by atoms with E-state index in [4.69, 9.17) is 0 Å². The minimum Gasteiger partial charge on any atom is -0.298 e. The summed E-state index contributed by atoms with van der Waals surface area (Å²) in [5.74, 6) is 0. The summed E-state index contributed by atoms with van der Waals surface area (Å²) in [6.45, 7) is 8.35. The predicted octanol–water partition coefficient (Wildman–Crippen LogP) is 3.94. The fourth-order valence-electron chi connectivity index (χ4n) is 3.14. The van der Waals surface area contributed by atoms with Crippen LogP contribution < -0.4 is 0 Å². The number of fused-ring (bicyclic) bond motifs is 1. The molecule has 2 heterocycles. The summed E-state index contributed by atoms with van der Waals surface area (Å²) in [6, 6.07) is 6.90. The first kappa shape index (κ1) is 18.4. The molecule has 0 saturated carbocycles. The van der Waals surface area contributed by atoms with Gasteiger partial charge in [-0.05, 0) is 37.2 Å². The monoisotopic (exact) mass is 356 g/mol. The molecule has 0 spiro atoms. The third-order valence-electron chi connectivity index (χ3n) is 4.62. The van der Waals surface area contributed by atoms with Crippen molar-refractivity contribution >= 4 is 11.8 Å². The maximum Gasteiger partial charge on any atom is 0.187 e. The Morgan fingerprint density at radius 3 is 2.52 bits per heavy atom. The van der Waals surface area contributed by atoms with Gasteiger partial charge in [-0.15, -0.1) is 0 Å². The molecule has 1 aliphatic rings. The molecule has 134 valence electrons. The molecule has 2 aromatic rings. The van der Waals surface area contributed by atoms with Crippen LogP contribution in [0, 0.1) is 0 Å². The van der Waals surface area contributed by atoms with Gasteiger partial charge in [0.15, 0.2) is 5.16 Å².